The summed E-state index contributed by atoms with van der Waals surface area (Å²) in [5.74, 6) is 0.472. The van der Waals surface area contributed by atoms with Crippen molar-refractivity contribution in [2.75, 3.05) is 17.3 Å². The molecule has 124 valence electrons. The molecule has 0 radical (unpaired) electrons. The molecule has 0 spiro atoms. The first-order valence-corrected chi connectivity index (χ1v) is 7.96. The topological polar surface area (TPSA) is 58.6 Å². The summed E-state index contributed by atoms with van der Waals surface area (Å²) in [4.78, 5) is 25.6. The zero-order valence-corrected chi connectivity index (χ0v) is 13.8. The quantitative estimate of drug-likeness (QED) is 0.940. The summed E-state index contributed by atoms with van der Waals surface area (Å²) >= 11 is 0. The molecule has 2 aromatic rings. The van der Waals surface area contributed by atoms with E-state index in [9.17, 15) is 9.59 Å². The van der Waals surface area contributed by atoms with Crippen LogP contribution in [-0.2, 0) is 16.0 Å². The Morgan fingerprint density at radius 1 is 1.21 bits per heavy atom. The predicted octanol–water partition coefficient (Wildman–Crippen LogP) is 3.00. The summed E-state index contributed by atoms with van der Waals surface area (Å²) < 4.78 is 5.62. The number of carbonyl (C=O) groups is 2. The van der Waals surface area contributed by atoms with Crippen molar-refractivity contribution in [3.63, 3.8) is 0 Å². The van der Waals surface area contributed by atoms with Crippen molar-refractivity contribution >= 4 is 23.2 Å². The van der Waals surface area contributed by atoms with Crippen molar-refractivity contribution in [3.8, 4) is 5.75 Å². The maximum atomic E-state index is 12.1. The van der Waals surface area contributed by atoms with Gasteiger partial charge in [-0.05, 0) is 31.0 Å². The molecule has 1 unspecified atom stereocenters. The summed E-state index contributed by atoms with van der Waals surface area (Å²) in [5.41, 5.74) is 2.51. The number of likely N-dealkylation sites (N-methyl/N-ethyl adjacent to an activating group) is 1. The number of hydrogen-bond donors (Lipinski definition) is 1. The van der Waals surface area contributed by atoms with Crippen molar-refractivity contribution in [2.45, 2.75) is 25.9 Å². The van der Waals surface area contributed by atoms with E-state index in [0.29, 0.717) is 30.0 Å². The lowest BCUT2D eigenvalue weighted by molar-refractivity contribution is -0.125. The van der Waals surface area contributed by atoms with Gasteiger partial charge in [0, 0.05) is 25.2 Å². The van der Waals surface area contributed by atoms with Gasteiger partial charge in [-0.1, -0.05) is 30.3 Å². The van der Waals surface area contributed by atoms with Crippen LogP contribution in [0, 0.1) is 0 Å². The molecule has 24 heavy (non-hydrogen) atoms. The maximum absolute atomic E-state index is 12.1. The van der Waals surface area contributed by atoms with Gasteiger partial charge in [-0.2, -0.15) is 0 Å². The number of aryl methyl sites for hydroxylation is 1. The van der Waals surface area contributed by atoms with Crippen LogP contribution in [0.15, 0.2) is 48.5 Å². The van der Waals surface area contributed by atoms with E-state index in [1.54, 1.807) is 37.1 Å². The first-order valence-electron chi connectivity index (χ1n) is 7.96. The van der Waals surface area contributed by atoms with Crippen molar-refractivity contribution in [2.24, 2.45) is 0 Å². The average molecular weight is 324 g/mol. The minimum atomic E-state index is -0.522. The van der Waals surface area contributed by atoms with E-state index >= 15 is 0 Å². The Kier molecular flexibility index (Phi) is 4.51. The molecule has 5 heteroatoms. The van der Waals surface area contributed by atoms with E-state index in [0.717, 1.165) is 5.56 Å². The minimum Gasteiger partial charge on any atom is -0.479 e. The van der Waals surface area contributed by atoms with Crippen LogP contribution in [0.4, 0.5) is 11.4 Å². The van der Waals surface area contributed by atoms with Crippen LogP contribution < -0.4 is 15.0 Å². The summed E-state index contributed by atoms with van der Waals surface area (Å²) in [5, 5.41) is 2.88. The van der Waals surface area contributed by atoms with Gasteiger partial charge in [-0.25, -0.2) is 0 Å². The molecule has 0 bridgehead atoms. The molecule has 2 aromatic carbocycles. The summed E-state index contributed by atoms with van der Waals surface area (Å²) in [6, 6.07) is 15.2. The predicted molar refractivity (Wildman–Crippen MR) is 93.3 cm³/mol. The fourth-order valence-electron chi connectivity index (χ4n) is 2.72. The average Bonchev–Trinajstić information content (AvgIpc) is 2.59. The first-order chi connectivity index (χ1) is 11.5. The van der Waals surface area contributed by atoms with Gasteiger partial charge in [-0.15, -0.1) is 0 Å². The van der Waals surface area contributed by atoms with Crippen LogP contribution >= 0.6 is 0 Å². The number of carbonyl (C=O) groups excluding carboxylic acids is 2. The number of rotatable bonds is 4. The highest BCUT2D eigenvalue weighted by molar-refractivity contribution is 6.00. The second kappa shape index (κ2) is 6.74. The van der Waals surface area contributed by atoms with E-state index in [1.165, 1.54) is 0 Å². The fourth-order valence-corrected chi connectivity index (χ4v) is 2.72. The Balaban J connectivity index is 1.65. The lowest BCUT2D eigenvalue weighted by Crippen LogP contribution is -2.41. The Hall–Kier alpha value is -2.82. The molecule has 5 nitrogen and oxygen atoms in total. The van der Waals surface area contributed by atoms with Crippen LogP contribution in [0.1, 0.15) is 18.9 Å². The van der Waals surface area contributed by atoms with Gasteiger partial charge in [0.2, 0.25) is 5.91 Å². The number of fused-ring (bicyclic) bond motifs is 1. The molecule has 0 saturated heterocycles. The fraction of sp³-hybridized carbons (Fsp3) is 0.263. The van der Waals surface area contributed by atoms with Gasteiger partial charge >= 0.3 is 0 Å². The van der Waals surface area contributed by atoms with Crippen LogP contribution in [0.25, 0.3) is 0 Å². The number of ether oxygens (including phenoxy) is 1. The van der Waals surface area contributed by atoms with E-state index in [1.807, 2.05) is 30.3 Å². The molecule has 1 N–H and O–H groups in total. The number of nitrogens with zero attached hydrogens (tertiary/aromatic N) is 1. The second-order valence-corrected chi connectivity index (χ2v) is 5.87. The Bertz CT molecular complexity index is 758. The van der Waals surface area contributed by atoms with Gasteiger partial charge in [0.1, 0.15) is 5.75 Å². The summed E-state index contributed by atoms with van der Waals surface area (Å²) in [6.45, 7) is 1.72. The van der Waals surface area contributed by atoms with Gasteiger partial charge in [-0.3, -0.25) is 9.59 Å². The third-order valence-corrected chi connectivity index (χ3v) is 4.07. The number of nitrogens with one attached hydrogen (secondary N) is 1. The molecule has 1 heterocycles. The van der Waals surface area contributed by atoms with Crippen LogP contribution in [0.5, 0.6) is 5.75 Å². The molecular formula is C19H20N2O3. The van der Waals surface area contributed by atoms with Crippen molar-refractivity contribution in [1.29, 1.82) is 0 Å². The largest absolute Gasteiger partial charge is 0.479 e. The Morgan fingerprint density at radius 2 is 1.96 bits per heavy atom. The molecule has 1 aliphatic rings. The summed E-state index contributed by atoms with van der Waals surface area (Å²) in [6.07, 6.45) is 0.589. The van der Waals surface area contributed by atoms with Crippen LogP contribution in [-0.4, -0.2) is 25.0 Å². The molecule has 1 aliphatic heterocycles. The number of amides is 2. The molecule has 3 rings (SSSR count). The van der Waals surface area contributed by atoms with Crippen LogP contribution in [0.3, 0.4) is 0 Å². The highest BCUT2D eigenvalue weighted by atomic mass is 16.5. The highest BCUT2D eigenvalue weighted by Crippen LogP contribution is 2.35. The molecule has 0 aliphatic carbocycles. The van der Waals surface area contributed by atoms with Gasteiger partial charge in [0.25, 0.3) is 5.91 Å². The Labute approximate surface area is 141 Å². The first kappa shape index (κ1) is 16.1. The Morgan fingerprint density at radius 3 is 2.71 bits per heavy atom. The second-order valence-electron chi connectivity index (χ2n) is 5.87. The van der Waals surface area contributed by atoms with Crippen LogP contribution in [0.2, 0.25) is 0 Å². The molecule has 0 fully saturated rings. The van der Waals surface area contributed by atoms with Crippen molar-refractivity contribution in [3.05, 3.63) is 54.1 Å². The normalized spacial score (nSPS) is 16.3. The van der Waals surface area contributed by atoms with Gasteiger partial charge < -0.3 is 15.0 Å². The standard InChI is InChI=1S/C19H20N2O3/c1-13-19(23)21(2)16-10-9-15(12-17(16)24-13)20-18(22)11-8-14-6-4-3-5-7-14/h3-7,9-10,12-13H,8,11H2,1-2H3,(H,20,22). The molecule has 2 amide bonds. The van der Waals surface area contributed by atoms with Crippen molar-refractivity contribution in [1.82, 2.24) is 0 Å². The van der Waals surface area contributed by atoms with E-state index in [-0.39, 0.29) is 11.8 Å². The van der Waals surface area contributed by atoms with E-state index < -0.39 is 6.10 Å². The minimum absolute atomic E-state index is 0.0490. The lowest BCUT2D eigenvalue weighted by atomic mass is 10.1. The maximum Gasteiger partial charge on any atom is 0.267 e. The van der Waals surface area contributed by atoms with Gasteiger partial charge in [0.05, 0.1) is 5.69 Å². The highest BCUT2D eigenvalue weighted by Gasteiger charge is 2.28. The monoisotopic (exact) mass is 324 g/mol. The third kappa shape index (κ3) is 3.40. The zero-order chi connectivity index (χ0) is 17.1. The van der Waals surface area contributed by atoms with E-state index in [2.05, 4.69) is 5.32 Å². The van der Waals surface area contributed by atoms with E-state index in [4.69, 9.17) is 4.74 Å². The van der Waals surface area contributed by atoms with Gasteiger partial charge in [0.15, 0.2) is 6.10 Å². The number of benzene rings is 2. The smallest absolute Gasteiger partial charge is 0.267 e. The molecule has 0 aromatic heterocycles. The molecule has 0 saturated carbocycles. The van der Waals surface area contributed by atoms with Crippen molar-refractivity contribution < 1.29 is 14.3 Å². The number of anilines is 2. The molecular weight excluding hydrogens is 304 g/mol. The lowest BCUT2D eigenvalue weighted by Gasteiger charge is -2.30. The zero-order valence-electron chi connectivity index (χ0n) is 13.8. The number of hydrogen-bond acceptors (Lipinski definition) is 3. The molecule has 1 atom stereocenters. The summed E-state index contributed by atoms with van der Waals surface area (Å²) in [7, 11) is 1.72. The SMILES string of the molecule is CC1Oc2cc(NC(=O)CCc3ccccc3)ccc2N(C)C1=O. The third-order valence-electron chi connectivity index (χ3n) is 4.07.